The maximum Gasteiger partial charge on any atom is 0.320 e. The van der Waals surface area contributed by atoms with E-state index in [2.05, 4.69) is 20.8 Å². The van der Waals surface area contributed by atoms with E-state index in [0.29, 0.717) is 11.3 Å². The Morgan fingerprint density at radius 3 is 2.47 bits per heavy atom. The van der Waals surface area contributed by atoms with Crippen LogP contribution in [0.25, 0.3) is 0 Å². The summed E-state index contributed by atoms with van der Waals surface area (Å²) in [6.45, 7) is 10.1. The van der Waals surface area contributed by atoms with E-state index in [-0.39, 0.29) is 12.1 Å². The van der Waals surface area contributed by atoms with Crippen LogP contribution < -0.4 is 0 Å². The van der Waals surface area contributed by atoms with Crippen LogP contribution >= 0.6 is 0 Å². The number of rotatable bonds is 2. The topological polar surface area (TPSA) is 32.8 Å². The predicted molar refractivity (Wildman–Crippen MR) is 66.9 cm³/mol. The van der Waals surface area contributed by atoms with Crippen molar-refractivity contribution < 1.29 is 9.53 Å². The van der Waals surface area contributed by atoms with Crippen LogP contribution in [0.4, 0.5) is 4.79 Å². The van der Waals surface area contributed by atoms with Gasteiger partial charge in [-0.1, -0.05) is 20.8 Å². The van der Waals surface area contributed by atoms with Crippen molar-refractivity contribution >= 4 is 6.03 Å². The van der Waals surface area contributed by atoms with E-state index in [1.165, 1.54) is 0 Å². The summed E-state index contributed by atoms with van der Waals surface area (Å²) < 4.78 is 5.20. The molecule has 1 atom stereocenters. The Balaban J connectivity index is 1.87. The molecule has 2 saturated heterocycles. The monoisotopic (exact) mass is 240 g/mol. The van der Waals surface area contributed by atoms with Gasteiger partial charge in [0.25, 0.3) is 0 Å². The molecule has 0 aromatic heterocycles. The van der Waals surface area contributed by atoms with Crippen molar-refractivity contribution in [3.63, 3.8) is 0 Å². The molecule has 2 amide bonds. The summed E-state index contributed by atoms with van der Waals surface area (Å²) in [6.07, 6.45) is 1.37. The molecular formula is C13H24N2O2. The van der Waals surface area contributed by atoms with Crippen molar-refractivity contribution in [2.75, 3.05) is 33.3 Å². The molecule has 0 radical (unpaired) electrons. The Kier molecular flexibility index (Phi) is 3.34. The number of carbonyl (C=O) groups is 1. The van der Waals surface area contributed by atoms with E-state index < -0.39 is 0 Å². The molecule has 2 fully saturated rings. The average Bonchev–Trinajstić information content (AvgIpc) is 2.60. The average molecular weight is 240 g/mol. The Hall–Kier alpha value is -0.770. The minimum atomic E-state index is 0.197. The largest absolute Gasteiger partial charge is 0.378 e. The van der Waals surface area contributed by atoms with Gasteiger partial charge in [-0.25, -0.2) is 4.79 Å². The highest BCUT2D eigenvalue weighted by Crippen LogP contribution is 2.37. The molecule has 0 aromatic carbocycles. The lowest BCUT2D eigenvalue weighted by molar-refractivity contribution is -0.0149. The number of carbonyl (C=O) groups excluding carboxylic acids is 1. The number of hydrogen-bond acceptors (Lipinski definition) is 2. The van der Waals surface area contributed by atoms with Crippen molar-refractivity contribution in [3.8, 4) is 0 Å². The van der Waals surface area contributed by atoms with Crippen molar-refractivity contribution in [1.82, 2.24) is 9.80 Å². The van der Waals surface area contributed by atoms with Gasteiger partial charge >= 0.3 is 6.03 Å². The van der Waals surface area contributed by atoms with E-state index in [9.17, 15) is 4.79 Å². The molecule has 0 spiro atoms. The second-order valence-electron chi connectivity index (χ2n) is 6.03. The fraction of sp³-hybridized carbons (Fsp3) is 0.923. The summed E-state index contributed by atoms with van der Waals surface area (Å²) in [5, 5.41) is 0. The van der Waals surface area contributed by atoms with Crippen LogP contribution in [0.5, 0.6) is 0 Å². The third-order valence-corrected chi connectivity index (χ3v) is 4.62. The molecular weight excluding hydrogens is 216 g/mol. The van der Waals surface area contributed by atoms with E-state index in [1.807, 2.05) is 9.80 Å². The lowest BCUT2D eigenvalue weighted by Gasteiger charge is -2.40. The maximum atomic E-state index is 12.2. The highest BCUT2D eigenvalue weighted by molar-refractivity contribution is 5.75. The number of likely N-dealkylation sites (tertiary alicyclic amines) is 2. The van der Waals surface area contributed by atoms with Gasteiger partial charge in [0.05, 0.1) is 19.2 Å². The fourth-order valence-electron chi connectivity index (χ4n) is 2.56. The zero-order valence-electron chi connectivity index (χ0n) is 11.4. The van der Waals surface area contributed by atoms with Crippen molar-refractivity contribution in [1.29, 1.82) is 0 Å². The van der Waals surface area contributed by atoms with Gasteiger partial charge < -0.3 is 14.5 Å². The first-order valence-electron chi connectivity index (χ1n) is 6.53. The number of ether oxygens (including phenoxy) is 1. The first-order valence-corrected chi connectivity index (χ1v) is 6.53. The molecule has 0 aliphatic carbocycles. The molecule has 98 valence electrons. The summed E-state index contributed by atoms with van der Waals surface area (Å²) in [4.78, 5) is 16.1. The number of hydrogen-bond donors (Lipinski definition) is 0. The number of amides is 2. The summed E-state index contributed by atoms with van der Waals surface area (Å²) >= 11 is 0. The van der Waals surface area contributed by atoms with Gasteiger partial charge in [-0.15, -0.1) is 0 Å². The number of methoxy groups -OCH3 is 1. The van der Waals surface area contributed by atoms with Crippen LogP contribution in [0.3, 0.4) is 0 Å². The van der Waals surface area contributed by atoms with Gasteiger partial charge in [-0.05, 0) is 17.8 Å². The Morgan fingerprint density at radius 1 is 1.35 bits per heavy atom. The van der Waals surface area contributed by atoms with Crippen molar-refractivity contribution in [3.05, 3.63) is 0 Å². The van der Waals surface area contributed by atoms with Gasteiger partial charge in [0.1, 0.15) is 0 Å². The normalized spacial score (nSPS) is 29.9. The molecule has 0 bridgehead atoms. The van der Waals surface area contributed by atoms with Crippen LogP contribution in [-0.4, -0.2) is 55.2 Å². The van der Waals surface area contributed by atoms with E-state index >= 15 is 0 Å². The molecule has 2 rings (SSSR count). The molecule has 17 heavy (non-hydrogen) atoms. The Morgan fingerprint density at radius 2 is 2.00 bits per heavy atom. The number of urea groups is 1. The van der Waals surface area contributed by atoms with Gasteiger partial charge in [-0.3, -0.25) is 0 Å². The smallest absolute Gasteiger partial charge is 0.320 e. The number of nitrogens with zero attached hydrogens (tertiary/aromatic N) is 2. The van der Waals surface area contributed by atoms with Gasteiger partial charge in [0.2, 0.25) is 0 Å². The molecule has 0 saturated carbocycles. The Bertz CT molecular complexity index is 300. The fourth-order valence-corrected chi connectivity index (χ4v) is 2.56. The standard InChI is InChI=1S/C13H24N2O2/c1-10(2)13(3)5-6-14(9-13)12(16)15-7-11(8-15)17-4/h10-11H,5-9H2,1-4H3/t13-/m1/s1. The first kappa shape index (κ1) is 12.7. The summed E-state index contributed by atoms with van der Waals surface area (Å²) in [5.74, 6) is 0.628. The molecule has 2 aliphatic heterocycles. The second kappa shape index (κ2) is 4.48. The first-order chi connectivity index (χ1) is 7.96. The molecule has 0 aromatic rings. The minimum Gasteiger partial charge on any atom is -0.378 e. The van der Waals surface area contributed by atoms with Gasteiger partial charge in [0.15, 0.2) is 0 Å². The third-order valence-electron chi connectivity index (χ3n) is 4.62. The second-order valence-corrected chi connectivity index (χ2v) is 6.03. The van der Waals surface area contributed by atoms with E-state index in [1.54, 1.807) is 7.11 Å². The summed E-state index contributed by atoms with van der Waals surface area (Å²) in [6, 6.07) is 0.197. The van der Waals surface area contributed by atoms with Crippen LogP contribution in [-0.2, 0) is 4.74 Å². The lowest BCUT2D eigenvalue weighted by Crippen LogP contribution is -2.58. The zero-order chi connectivity index (χ0) is 12.6. The molecule has 0 unspecified atom stereocenters. The molecule has 4 nitrogen and oxygen atoms in total. The van der Waals surface area contributed by atoms with Gasteiger partial charge in [-0.2, -0.15) is 0 Å². The highest BCUT2D eigenvalue weighted by atomic mass is 16.5. The minimum absolute atomic E-state index is 0.197. The van der Waals surface area contributed by atoms with Gasteiger partial charge in [0, 0.05) is 20.2 Å². The maximum absolute atomic E-state index is 12.2. The predicted octanol–water partition coefficient (Wildman–Crippen LogP) is 1.80. The Labute approximate surface area is 104 Å². The SMILES string of the molecule is COC1CN(C(=O)N2CC[C@@](C)(C(C)C)C2)C1. The molecule has 2 aliphatic rings. The third kappa shape index (κ3) is 2.28. The highest BCUT2D eigenvalue weighted by Gasteiger charge is 2.41. The summed E-state index contributed by atoms with van der Waals surface area (Å²) in [7, 11) is 1.71. The van der Waals surface area contributed by atoms with Crippen LogP contribution in [0.2, 0.25) is 0 Å². The quantitative estimate of drug-likeness (QED) is 0.737. The van der Waals surface area contributed by atoms with Crippen LogP contribution in [0.1, 0.15) is 27.2 Å². The van der Waals surface area contributed by atoms with E-state index in [4.69, 9.17) is 4.74 Å². The molecule has 4 heteroatoms. The van der Waals surface area contributed by atoms with Crippen LogP contribution in [0.15, 0.2) is 0 Å². The van der Waals surface area contributed by atoms with E-state index in [0.717, 1.165) is 32.6 Å². The summed E-state index contributed by atoms with van der Waals surface area (Å²) in [5.41, 5.74) is 0.293. The lowest BCUT2D eigenvalue weighted by atomic mass is 9.79. The van der Waals surface area contributed by atoms with Crippen molar-refractivity contribution in [2.24, 2.45) is 11.3 Å². The van der Waals surface area contributed by atoms with Crippen molar-refractivity contribution in [2.45, 2.75) is 33.3 Å². The van der Waals surface area contributed by atoms with Crippen LogP contribution in [0, 0.1) is 11.3 Å². The molecule has 0 N–H and O–H groups in total. The molecule has 2 heterocycles. The zero-order valence-corrected chi connectivity index (χ0v) is 11.4.